The van der Waals surface area contributed by atoms with Gasteiger partial charge in [0.25, 0.3) is 5.69 Å². The van der Waals surface area contributed by atoms with E-state index in [9.17, 15) is 28.4 Å². The number of non-ortho nitro benzene ring substituents is 1. The number of sulfonamides is 1. The fourth-order valence-corrected chi connectivity index (χ4v) is 5.69. The number of nitrogens with one attached hydrogen (secondary N) is 1. The lowest BCUT2D eigenvalue weighted by Crippen LogP contribution is -2.50. The predicted octanol–water partition coefficient (Wildman–Crippen LogP) is 3.69. The number of carbonyl (C=O) groups excluding carboxylic acids is 1. The lowest BCUT2D eigenvalue weighted by Gasteiger charge is -2.30. The fraction of sp³-hybridized carbons (Fsp3) is 0.321. The van der Waals surface area contributed by atoms with Gasteiger partial charge in [-0.1, -0.05) is 74.5 Å². The Labute approximate surface area is 223 Å². The minimum absolute atomic E-state index is 0.0299. The molecule has 0 heterocycles. The number of hydrogen-bond donors (Lipinski definition) is 2. The maximum atomic E-state index is 13.5. The molecule has 9 nitrogen and oxygen atoms in total. The van der Waals surface area contributed by atoms with E-state index in [0.717, 1.165) is 17.7 Å². The number of aliphatic hydroxyl groups is 1. The van der Waals surface area contributed by atoms with E-state index in [-0.39, 0.29) is 41.9 Å². The van der Waals surface area contributed by atoms with E-state index >= 15 is 0 Å². The van der Waals surface area contributed by atoms with Crippen molar-refractivity contribution in [3.05, 3.63) is 106 Å². The molecule has 0 saturated carbocycles. The Morgan fingerprint density at radius 3 is 2.08 bits per heavy atom. The normalized spacial score (nSPS) is 13.4. The SMILES string of the molecule is CC(C)CN(C[C@@H](O)[C@H](Cc1ccccc1)NCC(=O)c1ccccc1)S(=O)(=O)c1ccc([N+](=O)[O-])cc1. The molecule has 10 heteroatoms. The smallest absolute Gasteiger partial charge is 0.269 e. The Morgan fingerprint density at radius 2 is 1.53 bits per heavy atom. The van der Waals surface area contributed by atoms with Gasteiger partial charge in [0.05, 0.1) is 22.5 Å². The molecule has 3 rings (SSSR count). The van der Waals surface area contributed by atoms with Crippen LogP contribution in [0.25, 0.3) is 0 Å². The molecule has 2 N–H and O–H groups in total. The highest BCUT2D eigenvalue weighted by Gasteiger charge is 2.31. The summed E-state index contributed by atoms with van der Waals surface area (Å²) in [6.07, 6.45) is -0.776. The van der Waals surface area contributed by atoms with Crippen LogP contribution in [0.1, 0.15) is 29.8 Å². The minimum atomic E-state index is -4.06. The summed E-state index contributed by atoms with van der Waals surface area (Å²) in [5.74, 6) is -0.191. The third-order valence-electron chi connectivity index (χ3n) is 6.03. The number of Topliss-reactive ketones (excluding diaryl/α,β-unsaturated/α-hetero) is 1. The Hall–Kier alpha value is -3.44. The highest BCUT2D eigenvalue weighted by atomic mass is 32.2. The van der Waals surface area contributed by atoms with Gasteiger partial charge < -0.3 is 10.4 Å². The third-order valence-corrected chi connectivity index (χ3v) is 7.87. The first-order valence-electron chi connectivity index (χ1n) is 12.4. The number of nitrogens with zero attached hydrogens (tertiary/aromatic N) is 2. The molecule has 0 bridgehead atoms. The molecule has 0 aliphatic carbocycles. The predicted molar refractivity (Wildman–Crippen MR) is 145 cm³/mol. The van der Waals surface area contributed by atoms with Gasteiger partial charge in [-0.2, -0.15) is 4.31 Å². The van der Waals surface area contributed by atoms with E-state index in [4.69, 9.17) is 0 Å². The van der Waals surface area contributed by atoms with E-state index in [1.165, 1.54) is 16.4 Å². The van der Waals surface area contributed by atoms with Gasteiger partial charge in [-0.15, -0.1) is 0 Å². The maximum absolute atomic E-state index is 13.5. The molecule has 0 amide bonds. The van der Waals surface area contributed by atoms with Crippen molar-refractivity contribution in [2.75, 3.05) is 19.6 Å². The lowest BCUT2D eigenvalue weighted by molar-refractivity contribution is -0.384. The molecule has 0 unspecified atom stereocenters. The average Bonchev–Trinajstić information content (AvgIpc) is 2.91. The van der Waals surface area contributed by atoms with E-state index < -0.39 is 27.1 Å². The van der Waals surface area contributed by atoms with Crippen LogP contribution in [-0.2, 0) is 16.4 Å². The Bertz CT molecular complexity index is 1300. The summed E-state index contributed by atoms with van der Waals surface area (Å²) in [6.45, 7) is 3.61. The zero-order chi connectivity index (χ0) is 27.7. The highest BCUT2D eigenvalue weighted by molar-refractivity contribution is 7.89. The summed E-state index contributed by atoms with van der Waals surface area (Å²) in [6, 6.07) is 22.3. The second-order valence-electron chi connectivity index (χ2n) is 9.50. The molecule has 3 aromatic rings. The highest BCUT2D eigenvalue weighted by Crippen LogP contribution is 2.22. The summed E-state index contributed by atoms with van der Waals surface area (Å²) in [5, 5.41) is 25.4. The number of carbonyl (C=O) groups is 1. The quantitative estimate of drug-likeness (QED) is 0.182. The molecule has 3 aromatic carbocycles. The molecule has 0 saturated heterocycles. The number of rotatable bonds is 14. The van der Waals surface area contributed by atoms with Crippen LogP contribution in [0.3, 0.4) is 0 Å². The Balaban J connectivity index is 1.83. The third kappa shape index (κ3) is 8.03. The van der Waals surface area contributed by atoms with Crippen LogP contribution >= 0.6 is 0 Å². The second kappa shape index (κ2) is 13.4. The number of nitro benzene ring substituents is 1. The van der Waals surface area contributed by atoms with Crippen LogP contribution in [0, 0.1) is 16.0 Å². The van der Waals surface area contributed by atoms with Crippen LogP contribution in [0.2, 0.25) is 0 Å². The first kappa shape index (κ1) is 29.1. The molecule has 202 valence electrons. The molecular formula is C28H33N3O6S. The van der Waals surface area contributed by atoms with Crippen molar-refractivity contribution in [2.45, 2.75) is 37.3 Å². The van der Waals surface area contributed by atoms with Gasteiger partial charge in [-0.05, 0) is 30.0 Å². The topological polar surface area (TPSA) is 130 Å². The molecule has 0 aromatic heterocycles. The zero-order valence-corrected chi connectivity index (χ0v) is 22.3. The van der Waals surface area contributed by atoms with Crippen molar-refractivity contribution < 1.29 is 23.2 Å². The molecule has 0 spiro atoms. The monoisotopic (exact) mass is 539 g/mol. The number of benzene rings is 3. The van der Waals surface area contributed by atoms with Gasteiger partial charge in [0.1, 0.15) is 0 Å². The van der Waals surface area contributed by atoms with Gasteiger partial charge in [0, 0.05) is 36.8 Å². The van der Waals surface area contributed by atoms with Gasteiger partial charge >= 0.3 is 0 Å². The van der Waals surface area contributed by atoms with Crippen molar-refractivity contribution in [2.24, 2.45) is 5.92 Å². The molecule has 0 aliphatic rings. The molecule has 38 heavy (non-hydrogen) atoms. The van der Waals surface area contributed by atoms with E-state index in [2.05, 4.69) is 5.32 Å². The molecule has 0 radical (unpaired) electrons. The molecular weight excluding hydrogens is 506 g/mol. The van der Waals surface area contributed by atoms with Gasteiger partial charge in [-0.3, -0.25) is 14.9 Å². The van der Waals surface area contributed by atoms with Gasteiger partial charge in [-0.25, -0.2) is 8.42 Å². The summed E-state index contributed by atoms with van der Waals surface area (Å²) < 4.78 is 28.2. The van der Waals surface area contributed by atoms with Crippen molar-refractivity contribution in [1.82, 2.24) is 9.62 Å². The van der Waals surface area contributed by atoms with Crippen LogP contribution in [0.5, 0.6) is 0 Å². The first-order chi connectivity index (χ1) is 18.1. The first-order valence-corrected chi connectivity index (χ1v) is 13.8. The lowest BCUT2D eigenvalue weighted by atomic mass is 10.0. The van der Waals surface area contributed by atoms with E-state index in [1.54, 1.807) is 24.3 Å². The number of aliphatic hydroxyl groups excluding tert-OH is 1. The van der Waals surface area contributed by atoms with E-state index in [0.29, 0.717) is 12.0 Å². The summed E-state index contributed by atoms with van der Waals surface area (Å²) in [5.41, 5.74) is 1.24. The van der Waals surface area contributed by atoms with Crippen LogP contribution in [-0.4, -0.2) is 60.3 Å². The Kier molecular flexibility index (Phi) is 10.3. The average molecular weight is 540 g/mol. The van der Waals surface area contributed by atoms with Crippen LogP contribution in [0.15, 0.2) is 89.8 Å². The molecule has 0 aliphatic heterocycles. The van der Waals surface area contributed by atoms with Crippen molar-refractivity contribution in [3.63, 3.8) is 0 Å². The van der Waals surface area contributed by atoms with Crippen molar-refractivity contribution >= 4 is 21.5 Å². The summed E-state index contributed by atoms with van der Waals surface area (Å²) >= 11 is 0. The van der Waals surface area contributed by atoms with Crippen LogP contribution in [0.4, 0.5) is 5.69 Å². The van der Waals surface area contributed by atoms with Gasteiger partial charge in [0.2, 0.25) is 10.0 Å². The Morgan fingerprint density at radius 1 is 0.947 bits per heavy atom. The second-order valence-corrected chi connectivity index (χ2v) is 11.4. The standard InChI is InChI=1S/C28H33N3O6S/c1-21(2)19-30(38(36,37)25-15-13-24(14-16-25)31(34)35)20-28(33)26(17-22-9-5-3-6-10-22)29-18-27(32)23-11-7-4-8-12-23/h3-16,21,26,28-29,33H,17-20H2,1-2H3/t26-,28+/m0/s1. The van der Waals surface area contributed by atoms with Crippen molar-refractivity contribution in [3.8, 4) is 0 Å². The minimum Gasteiger partial charge on any atom is -0.390 e. The molecule has 2 atom stereocenters. The number of ketones is 1. The molecule has 0 fully saturated rings. The fourth-order valence-electron chi connectivity index (χ4n) is 4.07. The maximum Gasteiger partial charge on any atom is 0.269 e. The largest absolute Gasteiger partial charge is 0.390 e. The zero-order valence-electron chi connectivity index (χ0n) is 21.4. The van der Waals surface area contributed by atoms with Gasteiger partial charge in [0.15, 0.2) is 5.78 Å². The number of nitro groups is 1. The number of hydrogen-bond acceptors (Lipinski definition) is 7. The summed E-state index contributed by atoms with van der Waals surface area (Å²) in [4.78, 5) is 23.0. The van der Waals surface area contributed by atoms with Crippen molar-refractivity contribution in [1.29, 1.82) is 0 Å². The van der Waals surface area contributed by atoms with Crippen LogP contribution < -0.4 is 5.32 Å². The summed E-state index contributed by atoms with van der Waals surface area (Å²) in [7, 11) is -4.06. The van der Waals surface area contributed by atoms with E-state index in [1.807, 2.05) is 50.2 Å².